The van der Waals surface area contributed by atoms with Crippen LogP contribution < -0.4 is 5.32 Å². The van der Waals surface area contributed by atoms with Crippen LogP contribution in [0.2, 0.25) is 0 Å². The van der Waals surface area contributed by atoms with Crippen molar-refractivity contribution < 1.29 is 19.5 Å². The van der Waals surface area contributed by atoms with Gasteiger partial charge in [-0.25, -0.2) is 0 Å². The van der Waals surface area contributed by atoms with Gasteiger partial charge in [0.05, 0.1) is 6.10 Å². The fourth-order valence-corrected chi connectivity index (χ4v) is 6.41. The topological polar surface area (TPSA) is 89.9 Å². The van der Waals surface area contributed by atoms with Gasteiger partial charge in [-0.3, -0.25) is 14.4 Å². The van der Waals surface area contributed by atoms with Crippen molar-refractivity contribution in [2.24, 2.45) is 5.92 Å². The SMILES string of the molecule is CC(C)[C@@H](C(=O)N1C[C@H](O)C[C@H]1C(=O)NCc1ccc(C2CCCCC2)cc1)N1Cc2ccccc2C1=O. The predicted molar refractivity (Wildman–Crippen MR) is 145 cm³/mol. The molecule has 0 spiro atoms. The molecule has 7 nitrogen and oxygen atoms in total. The maximum Gasteiger partial charge on any atom is 0.255 e. The lowest BCUT2D eigenvalue weighted by atomic mass is 9.84. The maximum atomic E-state index is 13.8. The number of benzene rings is 2. The Labute approximate surface area is 225 Å². The van der Waals surface area contributed by atoms with Crippen LogP contribution in [0.1, 0.15) is 85.3 Å². The third-order valence-electron chi connectivity index (χ3n) is 8.46. The molecule has 2 aromatic rings. The molecule has 0 radical (unpaired) electrons. The van der Waals surface area contributed by atoms with Gasteiger partial charge in [0, 0.05) is 31.6 Å². The Bertz CT molecular complexity index is 1170. The summed E-state index contributed by atoms with van der Waals surface area (Å²) in [6.07, 6.45) is 5.83. The molecular weight excluding hydrogens is 478 g/mol. The molecule has 0 unspecified atom stereocenters. The molecule has 202 valence electrons. The molecule has 1 aliphatic carbocycles. The van der Waals surface area contributed by atoms with Crippen LogP contribution in [0.4, 0.5) is 0 Å². The molecule has 1 saturated carbocycles. The van der Waals surface area contributed by atoms with Gasteiger partial charge in [-0.15, -0.1) is 0 Å². The minimum absolute atomic E-state index is 0.0885. The lowest BCUT2D eigenvalue weighted by molar-refractivity contribution is -0.143. The monoisotopic (exact) mass is 517 g/mol. The molecule has 3 atom stereocenters. The highest BCUT2D eigenvalue weighted by Crippen LogP contribution is 2.33. The van der Waals surface area contributed by atoms with Crippen LogP contribution in [0.3, 0.4) is 0 Å². The van der Waals surface area contributed by atoms with E-state index in [1.165, 1.54) is 42.6 Å². The number of aliphatic hydroxyl groups excluding tert-OH is 1. The van der Waals surface area contributed by atoms with Crippen molar-refractivity contribution in [3.8, 4) is 0 Å². The quantitative estimate of drug-likeness (QED) is 0.581. The van der Waals surface area contributed by atoms with Gasteiger partial charge >= 0.3 is 0 Å². The van der Waals surface area contributed by atoms with Gasteiger partial charge in [0.25, 0.3) is 5.91 Å². The van der Waals surface area contributed by atoms with Crippen LogP contribution in [-0.2, 0) is 22.7 Å². The average Bonchev–Trinajstić information content (AvgIpc) is 3.48. The van der Waals surface area contributed by atoms with Crippen LogP contribution in [0, 0.1) is 5.92 Å². The number of nitrogens with zero attached hydrogens (tertiary/aromatic N) is 2. The summed E-state index contributed by atoms with van der Waals surface area (Å²) in [6, 6.07) is 14.4. The Hall–Kier alpha value is -3.19. The fourth-order valence-electron chi connectivity index (χ4n) is 6.41. The van der Waals surface area contributed by atoms with Crippen molar-refractivity contribution in [2.45, 2.75) is 89.6 Å². The largest absolute Gasteiger partial charge is 0.391 e. The summed E-state index contributed by atoms with van der Waals surface area (Å²) in [4.78, 5) is 43.3. The number of carbonyl (C=O) groups excluding carboxylic acids is 3. The summed E-state index contributed by atoms with van der Waals surface area (Å²) < 4.78 is 0. The molecule has 0 bridgehead atoms. The van der Waals surface area contributed by atoms with E-state index in [9.17, 15) is 19.5 Å². The molecule has 2 aromatic carbocycles. The zero-order valence-corrected chi connectivity index (χ0v) is 22.4. The summed E-state index contributed by atoms with van der Waals surface area (Å²) >= 11 is 0. The number of rotatable bonds is 7. The van der Waals surface area contributed by atoms with E-state index in [0.717, 1.165) is 11.1 Å². The van der Waals surface area contributed by atoms with Crippen molar-refractivity contribution in [3.63, 3.8) is 0 Å². The third kappa shape index (κ3) is 5.35. The number of amides is 3. The number of β-amino-alcohol motifs (C(OH)–C–C–N with tert-alkyl or cyclic N) is 1. The van der Waals surface area contributed by atoms with E-state index in [1.807, 2.05) is 32.0 Å². The van der Waals surface area contributed by atoms with Gasteiger partial charge in [0.2, 0.25) is 11.8 Å². The minimum Gasteiger partial charge on any atom is -0.391 e. The first-order valence-corrected chi connectivity index (χ1v) is 14.1. The molecule has 2 fully saturated rings. The van der Waals surface area contributed by atoms with Crippen LogP contribution in [0.5, 0.6) is 0 Å². The molecule has 3 amide bonds. The Morgan fingerprint density at radius 2 is 1.74 bits per heavy atom. The van der Waals surface area contributed by atoms with Gasteiger partial charge < -0.3 is 20.2 Å². The molecule has 1 saturated heterocycles. The zero-order valence-electron chi connectivity index (χ0n) is 22.4. The van der Waals surface area contributed by atoms with E-state index in [4.69, 9.17) is 0 Å². The number of fused-ring (bicyclic) bond motifs is 1. The summed E-state index contributed by atoms with van der Waals surface area (Å²) in [7, 11) is 0. The van der Waals surface area contributed by atoms with E-state index in [1.54, 1.807) is 11.0 Å². The first-order chi connectivity index (χ1) is 18.3. The number of hydrogen-bond donors (Lipinski definition) is 2. The van der Waals surface area contributed by atoms with Crippen LogP contribution in [-0.4, -0.2) is 57.4 Å². The Morgan fingerprint density at radius 3 is 2.42 bits per heavy atom. The lowest BCUT2D eigenvalue weighted by Gasteiger charge is -2.35. The Morgan fingerprint density at radius 1 is 1.03 bits per heavy atom. The van der Waals surface area contributed by atoms with E-state index < -0.39 is 18.2 Å². The lowest BCUT2D eigenvalue weighted by Crippen LogP contribution is -2.55. The summed E-state index contributed by atoms with van der Waals surface area (Å²) in [6.45, 7) is 4.65. The van der Waals surface area contributed by atoms with Gasteiger partial charge in [-0.05, 0) is 47.4 Å². The van der Waals surface area contributed by atoms with Crippen molar-refractivity contribution in [1.82, 2.24) is 15.1 Å². The second-order valence-corrected chi connectivity index (χ2v) is 11.5. The first kappa shape index (κ1) is 26.4. The Kier molecular flexibility index (Phi) is 7.84. The standard InChI is InChI=1S/C31H39N3O4/c1-20(2)28(34-18-24-10-6-7-11-26(24)30(34)37)31(38)33-19-25(35)16-27(33)29(36)32-17-21-12-14-23(15-13-21)22-8-4-3-5-9-22/h6-7,10-15,20,22,25,27-28,35H,3-5,8-9,16-19H2,1-2H3,(H,32,36)/t25-,27+,28+/m1/s1. The van der Waals surface area contributed by atoms with E-state index in [-0.39, 0.29) is 36.6 Å². The van der Waals surface area contributed by atoms with E-state index in [0.29, 0.717) is 24.6 Å². The second kappa shape index (κ2) is 11.3. The molecule has 2 N–H and O–H groups in total. The maximum absolute atomic E-state index is 13.8. The van der Waals surface area contributed by atoms with E-state index >= 15 is 0 Å². The molecule has 2 heterocycles. The third-order valence-corrected chi connectivity index (χ3v) is 8.46. The summed E-state index contributed by atoms with van der Waals surface area (Å²) in [5.41, 5.74) is 3.90. The number of nitrogens with one attached hydrogen (secondary N) is 1. The number of likely N-dealkylation sites (tertiary alicyclic amines) is 1. The zero-order chi connectivity index (χ0) is 26.8. The number of aliphatic hydroxyl groups is 1. The highest BCUT2D eigenvalue weighted by atomic mass is 16.3. The molecule has 2 aliphatic heterocycles. The van der Waals surface area contributed by atoms with Crippen molar-refractivity contribution in [1.29, 1.82) is 0 Å². The molecule has 7 heteroatoms. The van der Waals surface area contributed by atoms with Gasteiger partial charge in [0.1, 0.15) is 12.1 Å². The molecule has 5 rings (SSSR count). The smallest absolute Gasteiger partial charge is 0.255 e. The highest BCUT2D eigenvalue weighted by Gasteiger charge is 2.45. The minimum atomic E-state index is -0.774. The summed E-state index contributed by atoms with van der Waals surface area (Å²) in [5.74, 6) is -0.231. The van der Waals surface area contributed by atoms with Crippen LogP contribution in [0.25, 0.3) is 0 Å². The van der Waals surface area contributed by atoms with Gasteiger partial charge in [0.15, 0.2) is 0 Å². The molecular formula is C31H39N3O4. The predicted octanol–water partition coefficient (Wildman–Crippen LogP) is 3.99. The number of hydrogen-bond acceptors (Lipinski definition) is 4. The molecule has 0 aromatic heterocycles. The highest BCUT2D eigenvalue weighted by molar-refractivity contribution is 6.01. The number of carbonyl (C=O) groups is 3. The van der Waals surface area contributed by atoms with Crippen molar-refractivity contribution in [2.75, 3.05) is 6.54 Å². The van der Waals surface area contributed by atoms with Crippen LogP contribution in [0.15, 0.2) is 48.5 Å². The normalized spacial score (nSPS) is 22.6. The van der Waals surface area contributed by atoms with Crippen LogP contribution >= 0.6 is 0 Å². The fraction of sp³-hybridized carbons (Fsp3) is 0.516. The first-order valence-electron chi connectivity index (χ1n) is 14.1. The van der Waals surface area contributed by atoms with E-state index in [2.05, 4.69) is 29.6 Å². The van der Waals surface area contributed by atoms with Gasteiger partial charge in [-0.2, -0.15) is 0 Å². The average molecular weight is 518 g/mol. The molecule has 38 heavy (non-hydrogen) atoms. The Balaban J connectivity index is 1.24. The second-order valence-electron chi connectivity index (χ2n) is 11.5. The summed E-state index contributed by atoms with van der Waals surface area (Å²) in [5, 5.41) is 13.4. The van der Waals surface area contributed by atoms with Crippen molar-refractivity contribution in [3.05, 3.63) is 70.8 Å². The van der Waals surface area contributed by atoms with Crippen molar-refractivity contribution >= 4 is 17.7 Å². The van der Waals surface area contributed by atoms with Gasteiger partial charge in [-0.1, -0.05) is 75.6 Å². The molecule has 3 aliphatic rings.